The van der Waals surface area contributed by atoms with Gasteiger partial charge in [-0.15, -0.1) is 10.2 Å². The Kier molecular flexibility index (Phi) is 4.84. The highest BCUT2D eigenvalue weighted by Gasteiger charge is 2.32. The molecule has 128 valence electrons. The minimum Gasteiger partial charge on any atom is -0.382 e. The van der Waals surface area contributed by atoms with Crippen LogP contribution >= 0.6 is 0 Å². The van der Waals surface area contributed by atoms with Crippen LogP contribution in [0.15, 0.2) is 36.4 Å². The zero-order valence-electron chi connectivity index (χ0n) is 12.8. The minimum atomic E-state index is -4.48. The molecule has 0 amide bonds. The van der Waals surface area contributed by atoms with E-state index >= 15 is 0 Å². The standard InChI is InChI=1S/C16H17F3N4O/c17-16(18,19)14-5-6-15(23-22-14)21-12-3-1-11(2-4-12)20-13-7-9-24-10-8-13/h1-6,13,20H,7-10H2,(H,21,23). The monoisotopic (exact) mass is 338 g/mol. The van der Waals surface area contributed by atoms with Crippen LogP contribution in [0.1, 0.15) is 18.5 Å². The molecule has 2 N–H and O–H groups in total. The maximum Gasteiger partial charge on any atom is 0.435 e. The third-order valence-corrected chi connectivity index (χ3v) is 3.70. The molecule has 1 saturated heterocycles. The van der Waals surface area contributed by atoms with Crippen molar-refractivity contribution in [3.63, 3.8) is 0 Å². The molecule has 1 fully saturated rings. The highest BCUT2D eigenvalue weighted by molar-refractivity contribution is 5.60. The summed E-state index contributed by atoms with van der Waals surface area (Å²) in [5.41, 5.74) is 0.705. The molecule has 8 heteroatoms. The van der Waals surface area contributed by atoms with Gasteiger partial charge >= 0.3 is 6.18 Å². The fourth-order valence-electron chi connectivity index (χ4n) is 2.43. The Morgan fingerprint density at radius 3 is 2.17 bits per heavy atom. The van der Waals surface area contributed by atoms with Gasteiger partial charge in [-0.2, -0.15) is 13.2 Å². The van der Waals surface area contributed by atoms with Crippen LogP contribution in [0.5, 0.6) is 0 Å². The Balaban J connectivity index is 1.59. The minimum absolute atomic E-state index is 0.258. The molecule has 0 radical (unpaired) electrons. The van der Waals surface area contributed by atoms with E-state index in [0.717, 1.165) is 43.5 Å². The Hall–Kier alpha value is -2.35. The molecule has 2 heterocycles. The van der Waals surface area contributed by atoms with Crippen molar-refractivity contribution in [3.8, 4) is 0 Å². The zero-order chi connectivity index (χ0) is 17.0. The average molecular weight is 338 g/mol. The van der Waals surface area contributed by atoms with Crippen molar-refractivity contribution in [3.05, 3.63) is 42.1 Å². The second-order valence-corrected chi connectivity index (χ2v) is 5.53. The number of hydrogen-bond acceptors (Lipinski definition) is 5. The van der Waals surface area contributed by atoms with E-state index < -0.39 is 11.9 Å². The van der Waals surface area contributed by atoms with Crippen molar-refractivity contribution in [2.45, 2.75) is 25.1 Å². The van der Waals surface area contributed by atoms with Gasteiger partial charge in [-0.25, -0.2) is 0 Å². The Morgan fingerprint density at radius 2 is 1.58 bits per heavy atom. The summed E-state index contributed by atoms with van der Waals surface area (Å²) < 4.78 is 42.7. The summed E-state index contributed by atoms with van der Waals surface area (Å²) in [4.78, 5) is 0. The van der Waals surface area contributed by atoms with Gasteiger partial charge in [-0.1, -0.05) is 0 Å². The van der Waals surface area contributed by atoms with Crippen molar-refractivity contribution < 1.29 is 17.9 Å². The van der Waals surface area contributed by atoms with Crippen LogP contribution in [-0.2, 0) is 10.9 Å². The van der Waals surface area contributed by atoms with Gasteiger partial charge in [0.25, 0.3) is 0 Å². The molecule has 0 aliphatic carbocycles. The fraction of sp³-hybridized carbons (Fsp3) is 0.375. The van der Waals surface area contributed by atoms with E-state index in [9.17, 15) is 13.2 Å². The SMILES string of the molecule is FC(F)(F)c1ccc(Nc2ccc(NC3CCOCC3)cc2)nn1. The highest BCUT2D eigenvalue weighted by atomic mass is 19.4. The molecule has 0 saturated carbocycles. The largest absolute Gasteiger partial charge is 0.435 e. The first kappa shape index (κ1) is 16.5. The maximum atomic E-state index is 12.4. The molecule has 1 aromatic heterocycles. The molecule has 0 spiro atoms. The predicted octanol–water partition coefficient (Wildman–Crippen LogP) is 3.83. The van der Waals surface area contributed by atoms with Crippen LogP contribution in [0.25, 0.3) is 0 Å². The van der Waals surface area contributed by atoms with E-state index in [-0.39, 0.29) is 5.82 Å². The topological polar surface area (TPSA) is 59.1 Å². The lowest BCUT2D eigenvalue weighted by Gasteiger charge is -2.24. The van der Waals surface area contributed by atoms with Gasteiger partial charge in [-0.05, 0) is 49.2 Å². The number of anilines is 3. The van der Waals surface area contributed by atoms with Crippen LogP contribution in [-0.4, -0.2) is 29.5 Å². The van der Waals surface area contributed by atoms with Crippen molar-refractivity contribution in [2.24, 2.45) is 0 Å². The Bertz CT molecular complexity index is 653. The fourth-order valence-corrected chi connectivity index (χ4v) is 2.43. The van der Waals surface area contributed by atoms with Gasteiger partial charge in [0.05, 0.1) is 0 Å². The number of rotatable bonds is 4. The van der Waals surface area contributed by atoms with Gasteiger partial charge in [0.1, 0.15) is 0 Å². The van der Waals surface area contributed by atoms with Crippen LogP contribution in [0.4, 0.5) is 30.4 Å². The van der Waals surface area contributed by atoms with E-state index in [0.29, 0.717) is 6.04 Å². The summed E-state index contributed by atoms with van der Waals surface area (Å²) in [6.07, 6.45) is -2.54. The summed E-state index contributed by atoms with van der Waals surface area (Å²) in [7, 11) is 0. The molecular formula is C16H17F3N4O. The maximum absolute atomic E-state index is 12.4. The number of nitrogens with one attached hydrogen (secondary N) is 2. The number of benzene rings is 1. The number of ether oxygens (including phenoxy) is 1. The molecule has 1 aliphatic rings. The molecule has 5 nitrogen and oxygen atoms in total. The second kappa shape index (κ2) is 7.04. The second-order valence-electron chi connectivity index (χ2n) is 5.53. The first-order chi connectivity index (χ1) is 11.5. The van der Waals surface area contributed by atoms with Crippen LogP contribution in [0, 0.1) is 0 Å². The van der Waals surface area contributed by atoms with E-state index in [1.807, 2.05) is 24.3 Å². The molecule has 0 bridgehead atoms. The molecule has 2 aromatic rings. The average Bonchev–Trinajstić information content (AvgIpc) is 2.57. The molecule has 0 unspecified atom stereocenters. The smallest absolute Gasteiger partial charge is 0.382 e. The molecule has 0 atom stereocenters. The van der Waals surface area contributed by atoms with Gasteiger partial charge in [0, 0.05) is 30.6 Å². The molecular weight excluding hydrogens is 321 g/mol. The number of nitrogens with zero attached hydrogens (tertiary/aromatic N) is 2. The number of aromatic nitrogens is 2. The quantitative estimate of drug-likeness (QED) is 0.887. The van der Waals surface area contributed by atoms with Crippen LogP contribution in [0.3, 0.4) is 0 Å². The van der Waals surface area contributed by atoms with E-state index in [2.05, 4.69) is 20.8 Å². The third-order valence-electron chi connectivity index (χ3n) is 3.70. The Labute approximate surface area is 137 Å². The van der Waals surface area contributed by atoms with E-state index in [4.69, 9.17) is 4.74 Å². The molecule has 1 aromatic carbocycles. The van der Waals surface area contributed by atoms with E-state index in [1.54, 1.807) is 0 Å². The molecule has 24 heavy (non-hydrogen) atoms. The van der Waals surface area contributed by atoms with Crippen molar-refractivity contribution in [2.75, 3.05) is 23.8 Å². The normalized spacial score (nSPS) is 16.0. The molecule has 1 aliphatic heterocycles. The highest BCUT2D eigenvalue weighted by Crippen LogP contribution is 2.27. The summed E-state index contributed by atoms with van der Waals surface area (Å²) >= 11 is 0. The first-order valence-electron chi connectivity index (χ1n) is 7.63. The number of hydrogen-bond donors (Lipinski definition) is 2. The summed E-state index contributed by atoms with van der Waals surface area (Å²) in [5.74, 6) is 0.258. The third kappa shape index (κ3) is 4.35. The summed E-state index contributed by atoms with van der Waals surface area (Å²) in [5, 5.41) is 13.1. The van der Waals surface area contributed by atoms with Gasteiger partial charge in [0.15, 0.2) is 11.5 Å². The van der Waals surface area contributed by atoms with Gasteiger partial charge in [0.2, 0.25) is 0 Å². The summed E-state index contributed by atoms with van der Waals surface area (Å²) in [6, 6.07) is 10.0. The summed E-state index contributed by atoms with van der Waals surface area (Å²) in [6.45, 7) is 1.54. The lowest BCUT2D eigenvalue weighted by molar-refractivity contribution is -0.141. The lowest BCUT2D eigenvalue weighted by atomic mass is 10.1. The molecule has 3 rings (SSSR count). The number of alkyl halides is 3. The lowest BCUT2D eigenvalue weighted by Crippen LogP contribution is -2.27. The number of halogens is 3. The van der Waals surface area contributed by atoms with E-state index in [1.165, 1.54) is 6.07 Å². The Morgan fingerprint density at radius 1 is 0.917 bits per heavy atom. The first-order valence-corrected chi connectivity index (χ1v) is 7.63. The zero-order valence-corrected chi connectivity index (χ0v) is 12.8. The van der Waals surface area contributed by atoms with Gasteiger partial charge < -0.3 is 15.4 Å². The van der Waals surface area contributed by atoms with Crippen LogP contribution in [0.2, 0.25) is 0 Å². The van der Waals surface area contributed by atoms with Crippen molar-refractivity contribution in [1.82, 2.24) is 10.2 Å². The predicted molar refractivity (Wildman–Crippen MR) is 84.2 cm³/mol. The van der Waals surface area contributed by atoms with Gasteiger partial charge in [-0.3, -0.25) is 0 Å². The van der Waals surface area contributed by atoms with Crippen molar-refractivity contribution >= 4 is 17.2 Å². The van der Waals surface area contributed by atoms with Crippen LogP contribution < -0.4 is 10.6 Å². The van der Waals surface area contributed by atoms with Crippen molar-refractivity contribution in [1.29, 1.82) is 0 Å².